The standard InChI is InChI=1S/C13H25NO2/c1-3-5-7-12(13(15)16)14(10-6-4-2)11-8-9-11/h11-12H,3-10H2,1-2H3,(H,15,16). The van der Waals surface area contributed by atoms with E-state index in [-0.39, 0.29) is 6.04 Å². The van der Waals surface area contributed by atoms with Gasteiger partial charge in [-0.3, -0.25) is 9.69 Å². The van der Waals surface area contributed by atoms with Gasteiger partial charge in [-0.25, -0.2) is 0 Å². The second kappa shape index (κ2) is 6.89. The monoisotopic (exact) mass is 227 g/mol. The SMILES string of the molecule is CCCCC(C(=O)O)N(CCCC)C1CC1. The lowest BCUT2D eigenvalue weighted by Crippen LogP contribution is -2.43. The fraction of sp³-hybridized carbons (Fsp3) is 0.923. The first kappa shape index (κ1) is 13.5. The summed E-state index contributed by atoms with van der Waals surface area (Å²) in [5.74, 6) is -0.628. The highest BCUT2D eigenvalue weighted by Gasteiger charge is 2.36. The summed E-state index contributed by atoms with van der Waals surface area (Å²) < 4.78 is 0. The highest BCUT2D eigenvalue weighted by Crippen LogP contribution is 2.30. The van der Waals surface area contributed by atoms with Crippen molar-refractivity contribution in [2.24, 2.45) is 0 Å². The topological polar surface area (TPSA) is 40.5 Å². The molecule has 1 aliphatic rings. The van der Waals surface area contributed by atoms with E-state index in [1.807, 2.05) is 0 Å². The van der Waals surface area contributed by atoms with Crippen molar-refractivity contribution in [1.29, 1.82) is 0 Å². The third-order valence-electron chi connectivity index (χ3n) is 3.30. The van der Waals surface area contributed by atoms with Gasteiger partial charge in [0.05, 0.1) is 0 Å². The van der Waals surface area contributed by atoms with Crippen LogP contribution >= 0.6 is 0 Å². The molecule has 0 aromatic carbocycles. The molecule has 0 saturated heterocycles. The molecule has 0 aliphatic heterocycles. The minimum Gasteiger partial charge on any atom is -0.480 e. The van der Waals surface area contributed by atoms with Gasteiger partial charge >= 0.3 is 5.97 Å². The first-order valence-electron chi connectivity index (χ1n) is 6.69. The van der Waals surface area contributed by atoms with Crippen molar-refractivity contribution in [3.8, 4) is 0 Å². The number of hydrogen-bond acceptors (Lipinski definition) is 2. The van der Waals surface area contributed by atoms with Crippen LogP contribution < -0.4 is 0 Å². The summed E-state index contributed by atoms with van der Waals surface area (Å²) in [7, 11) is 0. The van der Waals surface area contributed by atoms with Crippen molar-refractivity contribution in [1.82, 2.24) is 4.90 Å². The average molecular weight is 227 g/mol. The van der Waals surface area contributed by atoms with Gasteiger partial charge < -0.3 is 5.11 Å². The van der Waals surface area contributed by atoms with Gasteiger partial charge in [0, 0.05) is 6.04 Å². The number of unbranched alkanes of at least 4 members (excludes halogenated alkanes) is 2. The quantitative estimate of drug-likeness (QED) is 0.658. The zero-order valence-corrected chi connectivity index (χ0v) is 10.6. The summed E-state index contributed by atoms with van der Waals surface area (Å²) in [6.07, 6.45) is 7.56. The Morgan fingerprint density at radius 2 is 1.94 bits per heavy atom. The van der Waals surface area contributed by atoms with Crippen LogP contribution in [-0.4, -0.2) is 34.6 Å². The fourth-order valence-electron chi connectivity index (χ4n) is 2.17. The maximum Gasteiger partial charge on any atom is 0.320 e. The molecular weight excluding hydrogens is 202 g/mol. The Balaban J connectivity index is 2.51. The summed E-state index contributed by atoms with van der Waals surface area (Å²) in [4.78, 5) is 13.5. The minimum atomic E-state index is -0.628. The van der Waals surface area contributed by atoms with Crippen LogP contribution in [0.3, 0.4) is 0 Å². The second-order valence-corrected chi connectivity index (χ2v) is 4.82. The van der Waals surface area contributed by atoms with Crippen molar-refractivity contribution in [3.05, 3.63) is 0 Å². The summed E-state index contributed by atoms with van der Waals surface area (Å²) in [6, 6.07) is 0.323. The molecule has 1 aliphatic carbocycles. The highest BCUT2D eigenvalue weighted by atomic mass is 16.4. The van der Waals surface area contributed by atoms with Gasteiger partial charge in [-0.1, -0.05) is 33.1 Å². The zero-order chi connectivity index (χ0) is 12.0. The minimum absolute atomic E-state index is 0.237. The Labute approximate surface area is 98.8 Å². The van der Waals surface area contributed by atoms with E-state index < -0.39 is 5.97 Å². The van der Waals surface area contributed by atoms with Crippen LogP contribution in [0.4, 0.5) is 0 Å². The number of rotatable bonds is 9. The van der Waals surface area contributed by atoms with Crippen LogP contribution in [0.25, 0.3) is 0 Å². The molecule has 1 unspecified atom stereocenters. The summed E-state index contributed by atoms with van der Waals surface area (Å²) >= 11 is 0. The van der Waals surface area contributed by atoms with Crippen molar-refractivity contribution < 1.29 is 9.90 Å². The lowest BCUT2D eigenvalue weighted by molar-refractivity contribution is -0.144. The smallest absolute Gasteiger partial charge is 0.320 e. The van der Waals surface area contributed by atoms with E-state index in [0.29, 0.717) is 6.04 Å². The Bertz CT molecular complexity index is 214. The zero-order valence-electron chi connectivity index (χ0n) is 10.6. The van der Waals surface area contributed by atoms with Crippen molar-refractivity contribution >= 4 is 5.97 Å². The first-order valence-corrected chi connectivity index (χ1v) is 6.69. The van der Waals surface area contributed by atoms with E-state index in [4.69, 9.17) is 0 Å². The molecular formula is C13H25NO2. The number of hydrogen-bond donors (Lipinski definition) is 1. The predicted molar refractivity (Wildman–Crippen MR) is 65.6 cm³/mol. The number of carboxylic acids is 1. The number of nitrogens with zero attached hydrogens (tertiary/aromatic N) is 1. The van der Waals surface area contributed by atoms with E-state index >= 15 is 0 Å². The number of carboxylic acid groups (broad SMARTS) is 1. The Kier molecular flexibility index (Phi) is 5.81. The molecule has 1 atom stereocenters. The van der Waals surface area contributed by atoms with Gasteiger partial charge in [-0.15, -0.1) is 0 Å². The highest BCUT2D eigenvalue weighted by molar-refractivity contribution is 5.73. The van der Waals surface area contributed by atoms with Gasteiger partial charge in [-0.05, 0) is 32.2 Å². The number of carbonyl (C=O) groups is 1. The molecule has 0 bridgehead atoms. The Morgan fingerprint density at radius 3 is 2.38 bits per heavy atom. The third-order valence-corrected chi connectivity index (χ3v) is 3.30. The van der Waals surface area contributed by atoms with Gasteiger partial charge in [-0.2, -0.15) is 0 Å². The summed E-state index contributed by atoms with van der Waals surface area (Å²) in [5.41, 5.74) is 0. The molecule has 94 valence electrons. The lowest BCUT2D eigenvalue weighted by Gasteiger charge is -2.28. The van der Waals surface area contributed by atoms with Gasteiger partial charge in [0.2, 0.25) is 0 Å². The van der Waals surface area contributed by atoms with E-state index in [2.05, 4.69) is 18.7 Å². The third kappa shape index (κ3) is 4.12. The van der Waals surface area contributed by atoms with Crippen molar-refractivity contribution in [2.45, 2.75) is 70.9 Å². The van der Waals surface area contributed by atoms with Crippen LogP contribution in [0.5, 0.6) is 0 Å². The molecule has 0 radical (unpaired) electrons. The molecule has 1 rings (SSSR count). The van der Waals surface area contributed by atoms with Crippen molar-refractivity contribution in [3.63, 3.8) is 0 Å². The van der Waals surface area contributed by atoms with Crippen LogP contribution in [0.1, 0.15) is 58.8 Å². The van der Waals surface area contributed by atoms with E-state index in [1.54, 1.807) is 0 Å². The molecule has 1 fully saturated rings. The second-order valence-electron chi connectivity index (χ2n) is 4.82. The maximum absolute atomic E-state index is 11.3. The van der Waals surface area contributed by atoms with Gasteiger partial charge in [0.25, 0.3) is 0 Å². The Hall–Kier alpha value is -0.570. The van der Waals surface area contributed by atoms with Crippen LogP contribution in [-0.2, 0) is 4.79 Å². The van der Waals surface area contributed by atoms with Crippen LogP contribution in [0, 0.1) is 0 Å². The molecule has 3 nitrogen and oxygen atoms in total. The largest absolute Gasteiger partial charge is 0.480 e. The molecule has 1 saturated carbocycles. The van der Waals surface area contributed by atoms with E-state index in [1.165, 1.54) is 12.8 Å². The van der Waals surface area contributed by atoms with E-state index in [0.717, 1.165) is 38.6 Å². The molecule has 0 aromatic heterocycles. The van der Waals surface area contributed by atoms with Gasteiger partial charge in [0.15, 0.2) is 0 Å². The Morgan fingerprint density at radius 1 is 1.31 bits per heavy atom. The van der Waals surface area contributed by atoms with Crippen LogP contribution in [0.15, 0.2) is 0 Å². The van der Waals surface area contributed by atoms with Crippen molar-refractivity contribution in [2.75, 3.05) is 6.54 Å². The molecule has 0 aromatic rings. The fourth-order valence-corrected chi connectivity index (χ4v) is 2.17. The molecule has 0 spiro atoms. The van der Waals surface area contributed by atoms with E-state index in [9.17, 15) is 9.90 Å². The summed E-state index contributed by atoms with van der Waals surface area (Å²) in [5, 5.41) is 9.30. The number of aliphatic carboxylic acids is 1. The first-order chi connectivity index (χ1) is 7.70. The molecule has 1 N–H and O–H groups in total. The molecule has 3 heteroatoms. The molecule has 0 amide bonds. The maximum atomic E-state index is 11.3. The molecule has 0 heterocycles. The van der Waals surface area contributed by atoms with Gasteiger partial charge in [0.1, 0.15) is 6.04 Å². The summed E-state index contributed by atoms with van der Waals surface area (Å²) in [6.45, 7) is 5.24. The molecule has 16 heavy (non-hydrogen) atoms. The normalized spacial score (nSPS) is 17.7. The van der Waals surface area contributed by atoms with Crippen LogP contribution in [0.2, 0.25) is 0 Å². The average Bonchev–Trinajstić information content (AvgIpc) is 3.06. The lowest BCUT2D eigenvalue weighted by atomic mass is 10.1. The predicted octanol–water partition coefficient (Wildman–Crippen LogP) is 2.89.